The molecule has 28 heavy (non-hydrogen) atoms. The molecule has 2 heterocycles. The van der Waals surface area contributed by atoms with Crippen LogP contribution < -0.4 is 4.74 Å². The van der Waals surface area contributed by atoms with Crippen LogP contribution in [0, 0.1) is 6.92 Å². The van der Waals surface area contributed by atoms with Gasteiger partial charge < -0.3 is 9.14 Å². The number of aryl methyl sites for hydroxylation is 1. The van der Waals surface area contributed by atoms with E-state index in [2.05, 4.69) is 72.7 Å². The number of aldehydes is 1. The maximum atomic E-state index is 12.0. The standard InChI is InChI=1S/C25H31NO2/c1-16-10-9-11-26-21(16)14-18(22(26)15-27)17-12-19(24(2,3)4)23(28-8)20(13-17)25(5,6)7/h9-15H,1-8H3. The third-order valence-electron chi connectivity index (χ3n) is 5.39. The van der Waals surface area contributed by atoms with Crippen LogP contribution in [0.4, 0.5) is 0 Å². The van der Waals surface area contributed by atoms with Crippen LogP contribution in [0.1, 0.15) is 68.7 Å². The highest BCUT2D eigenvalue weighted by Crippen LogP contribution is 2.43. The van der Waals surface area contributed by atoms with Crippen molar-refractivity contribution in [3.05, 3.63) is 58.9 Å². The van der Waals surface area contributed by atoms with E-state index in [0.29, 0.717) is 5.69 Å². The van der Waals surface area contributed by atoms with Crippen LogP contribution >= 0.6 is 0 Å². The zero-order valence-electron chi connectivity index (χ0n) is 18.3. The van der Waals surface area contributed by atoms with Crippen LogP contribution in [-0.4, -0.2) is 17.8 Å². The van der Waals surface area contributed by atoms with Gasteiger partial charge in [-0.05, 0) is 53.1 Å². The van der Waals surface area contributed by atoms with Gasteiger partial charge in [0, 0.05) is 28.4 Å². The van der Waals surface area contributed by atoms with Crippen molar-refractivity contribution in [3.63, 3.8) is 0 Å². The second-order valence-corrected chi connectivity index (χ2v) is 9.61. The Labute approximate surface area is 168 Å². The Balaban J connectivity index is 2.42. The Hall–Kier alpha value is -2.55. The van der Waals surface area contributed by atoms with E-state index in [4.69, 9.17) is 4.74 Å². The second kappa shape index (κ2) is 6.80. The molecule has 0 saturated carbocycles. The normalized spacial score (nSPS) is 12.4. The van der Waals surface area contributed by atoms with E-state index in [0.717, 1.165) is 45.4 Å². The minimum Gasteiger partial charge on any atom is -0.496 e. The average Bonchev–Trinajstić information content (AvgIpc) is 2.99. The minimum absolute atomic E-state index is 0.0855. The van der Waals surface area contributed by atoms with Gasteiger partial charge in [-0.15, -0.1) is 0 Å². The van der Waals surface area contributed by atoms with Gasteiger partial charge in [-0.2, -0.15) is 0 Å². The Kier molecular flexibility index (Phi) is 4.91. The second-order valence-electron chi connectivity index (χ2n) is 9.61. The highest BCUT2D eigenvalue weighted by molar-refractivity contribution is 5.91. The average molecular weight is 378 g/mol. The number of methoxy groups -OCH3 is 1. The van der Waals surface area contributed by atoms with Crippen molar-refractivity contribution in [1.82, 2.24) is 4.40 Å². The van der Waals surface area contributed by atoms with E-state index in [1.165, 1.54) is 0 Å². The van der Waals surface area contributed by atoms with Gasteiger partial charge in [0.05, 0.1) is 12.8 Å². The fourth-order valence-electron chi connectivity index (χ4n) is 3.83. The third kappa shape index (κ3) is 3.34. The molecule has 0 radical (unpaired) electrons. The molecule has 0 fully saturated rings. The molecule has 148 valence electrons. The van der Waals surface area contributed by atoms with Crippen molar-refractivity contribution in [2.24, 2.45) is 0 Å². The Morgan fingerprint density at radius 3 is 2.00 bits per heavy atom. The van der Waals surface area contributed by atoms with E-state index in [9.17, 15) is 4.79 Å². The maximum Gasteiger partial charge on any atom is 0.167 e. The van der Waals surface area contributed by atoms with Gasteiger partial charge in [-0.3, -0.25) is 4.79 Å². The molecule has 3 heteroatoms. The van der Waals surface area contributed by atoms with E-state index in [1.54, 1.807) is 7.11 Å². The van der Waals surface area contributed by atoms with Crippen molar-refractivity contribution in [2.45, 2.75) is 59.3 Å². The summed E-state index contributed by atoms with van der Waals surface area (Å²) in [7, 11) is 1.74. The zero-order chi connectivity index (χ0) is 20.9. The number of benzene rings is 1. The first kappa shape index (κ1) is 20.2. The summed E-state index contributed by atoms with van der Waals surface area (Å²) < 4.78 is 7.86. The van der Waals surface area contributed by atoms with Gasteiger partial charge in [0.15, 0.2) is 6.29 Å². The van der Waals surface area contributed by atoms with Gasteiger partial charge >= 0.3 is 0 Å². The number of aromatic nitrogens is 1. The van der Waals surface area contributed by atoms with Crippen LogP contribution in [0.25, 0.3) is 16.6 Å². The maximum absolute atomic E-state index is 12.0. The van der Waals surface area contributed by atoms with Gasteiger partial charge in [-0.25, -0.2) is 0 Å². The highest BCUT2D eigenvalue weighted by Gasteiger charge is 2.28. The summed E-state index contributed by atoms with van der Waals surface area (Å²) in [6.45, 7) is 15.3. The molecule has 3 rings (SSSR count). The monoisotopic (exact) mass is 377 g/mol. The lowest BCUT2D eigenvalue weighted by Gasteiger charge is -2.30. The number of carbonyl (C=O) groups is 1. The molecular weight excluding hydrogens is 346 g/mol. The molecule has 0 saturated heterocycles. The Morgan fingerprint density at radius 2 is 1.54 bits per heavy atom. The summed E-state index contributed by atoms with van der Waals surface area (Å²) in [5.41, 5.74) is 7.05. The number of fused-ring (bicyclic) bond motifs is 1. The SMILES string of the molecule is COc1c(C(C)(C)C)cc(-c2cc3c(C)cccn3c2C=O)cc1C(C)(C)C. The Morgan fingerprint density at radius 1 is 0.964 bits per heavy atom. The molecule has 0 atom stereocenters. The van der Waals surface area contributed by atoms with Crippen molar-refractivity contribution < 1.29 is 9.53 Å². The molecule has 0 amide bonds. The molecule has 0 aliphatic carbocycles. The van der Waals surface area contributed by atoms with Crippen LogP contribution in [0.2, 0.25) is 0 Å². The number of hydrogen-bond donors (Lipinski definition) is 0. The largest absolute Gasteiger partial charge is 0.496 e. The lowest BCUT2D eigenvalue weighted by Crippen LogP contribution is -2.19. The van der Waals surface area contributed by atoms with Crippen molar-refractivity contribution >= 4 is 11.8 Å². The molecule has 0 aliphatic rings. The molecular formula is C25H31NO2. The van der Waals surface area contributed by atoms with Crippen molar-refractivity contribution in [1.29, 1.82) is 0 Å². The van der Waals surface area contributed by atoms with Gasteiger partial charge in [0.25, 0.3) is 0 Å². The topological polar surface area (TPSA) is 30.7 Å². The molecule has 2 aromatic heterocycles. The number of nitrogens with zero attached hydrogens (tertiary/aromatic N) is 1. The van der Waals surface area contributed by atoms with Gasteiger partial charge in [0.2, 0.25) is 0 Å². The number of ether oxygens (including phenoxy) is 1. The molecule has 0 aliphatic heterocycles. The zero-order valence-corrected chi connectivity index (χ0v) is 18.3. The first-order valence-electron chi connectivity index (χ1n) is 9.78. The molecule has 3 aromatic rings. The summed E-state index contributed by atoms with van der Waals surface area (Å²) >= 11 is 0. The van der Waals surface area contributed by atoms with E-state index < -0.39 is 0 Å². The minimum atomic E-state index is -0.0855. The number of hydrogen-bond acceptors (Lipinski definition) is 2. The van der Waals surface area contributed by atoms with Gasteiger partial charge in [0.1, 0.15) is 5.75 Å². The lowest BCUT2D eigenvalue weighted by atomic mass is 9.77. The number of rotatable bonds is 3. The fourth-order valence-corrected chi connectivity index (χ4v) is 3.83. The first-order valence-corrected chi connectivity index (χ1v) is 9.78. The summed E-state index contributed by atoms with van der Waals surface area (Å²) in [4.78, 5) is 12.0. The summed E-state index contributed by atoms with van der Waals surface area (Å²) in [5.74, 6) is 0.941. The quantitative estimate of drug-likeness (QED) is 0.499. The molecule has 0 spiro atoms. The molecule has 3 nitrogen and oxygen atoms in total. The molecule has 1 aromatic carbocycles. The number of pyridine rings is 1. The van der Waals surface area contributed by atoms with E-state index in [1.807, 2.05) is 16.7 Å². The van der Waals surface area contributed by atoms with Crippen LogP contribution in [0.15, 0.2) is 36.5 Å². The molecule has 0 N–H and O–H groups in total. The lowest BCUT2D eigenvalue weighted by molar-refractivity contribution is 0.111. The Bertz CT molecular complexity index is 1010. The first-order chi connectivity index (χ1) is 13.0. The number of carbonyl (C=O) groups excluding carboxylic acids is 1. The smallest absolute Gasteiger partial charge is 0.167 e. The van der Waals surface area contributed by atoms with E-state index >= 15 is 0 Å². The third-order valence-corrected chi connectivity index (χ3v) is 5.39. The predicted molar refractivity (Wildman–Crippen MR) is 117 cm³/mol. The van der Waals surface area contributed by atoms with Crippen molar-refractivity contribution in [2.75, 3.05) is 7.11 Å². The predicted octanol–water partition coefficient (Wildman–Crippen LogP) is 6.33. The van der Waals surface area contributed by atoms with Crippen LogP contribution in [-0.2, 0) is 10.8 Å². The fraction of sp³-hybridized carbons (Fsp3) is 0.400. The molecule has 0 unspecified atom stereocenters. The summed E-state index contributed by atoms with van der Waals surface area (Å²) in [6, 6.07) is 10.5. The summed E-state index contributed by atoms with van der Waals surface area (Å²) in [6.07, 6.45) is 2.91. The van der Waals surface area contributed by atoms with Crippen LogP contribution in [0.3, 0.4) is 0 Å². The summed E-state index contributed by atoms with van der Waals surface area (Å²) in [5, 5.41) is 0. The van der Waals surface area contributed by atoms with Gasteiger partial charge in [-0.1, -0.05) is 47.6 Å². The molecule has 0 bridgehead atoms. The highest BCUT2D eigenvalue weighted by atomic mass is 16.5. The van der Waals surface area contributed by atoms with Crippen LogP contribution in [0.5, 0.6) is 5.75 Å². The van der Waals surface area contributed by atoms with E-state index in [-0.39, 0.29) is 10.8 Å². The van der Waals surface area contributed by atoms with Crippen molar-refractivity contribution in [3.8, 4) is 16.9 Å².